The molecule has 5 heteroatoms. The van der Waals surface area contributed by atoms with E-state index < -0.39 is 0 Å². The highest BCUT2D eigenvalue weighted by Crippen LogP contribution is 2.21. The molecule has 0 atom stereocenters. The summed E-state index contributed by atoms with van der Waals surface area (Å²) in [6, 6.07) is 6.24. The van der Waals surface area contributed by atoms with Crippen molar-refractivity contribution in [2.75, 3.05) is 17.7 Å². The summed E-state index contributed by atoms with van der Waals surface area (Å²) < 4.78 is 0. The van der Waals surface area contributed by atoms with Crippen molar-refractivity contribution in [1.82, 2.24) is 9.97 Å². The van der Waals surface area contributed by atoms with E-state index in [0.717, 1.165) is 17.1 Å². The second-order valence-corrected chi connectivity index (χ2v) is 4.72. The molecule has 0 saturated carbocycles. The minimum atomic E-state index is 0.250. The quantitative estimate of drug-likeness (QED) is 0.841. The maximum absolute atomic E-state index is 5.78. The summed E-state index contributed by atoms with van der Waals surface area (Å²) in [5, 5.41) is 6.71. The van der Waals surface area contributed by atoms with E-state index in [2.05, 4.69) is 52.6 Å². The smallest absolute Gasteiger partial charge is 0.224 e. The van der Waals surface area contributed by atoms with Crippen LogP contribution in [0.3, 0.4) is 0 Å². The fourth-order valence-corrected chi connectivity index (χ4v) is 2.14. The Labute approximate surface area is 118 Å². The van der Waals surface area contributed by atoms with Crippen LogP contribution in [0.5, 0.6) is 0 Å². The first-order valence-electron chi connectivity index (χ1n) is 6.11. The van der Waals surface area contributed by atoms with Gasteiger partial charge in [0.05, 0.1) is 0 Å². The van der Waals surface area contributed by atoms with E-state index in [1.807, 2.05) is 7.05 Å². The number of nitrogens with zero attached hydrogens (tertiary/aromatic N) is 2. The van der Waals surface area contributed by atoms with Gasteiger partial charge in [0.2, 0.25) is 5.28 Å². The van der Waals surface area contributed by atoms with E-state index >= 15 is 0 Å². The molecule has 19 heavy (non-hydrogen) atoms. The van der Waals surface area contributed by atoms with Gasteiger partial charge in [-0.1, -0.05) is 18.2 Å². The van der Waals surface area contributed by atoms with E-state index in [9.17, 15) is 0 Å². The minimum absolute atomic E-state index is 0.250. The van der Waals surface area contributed by atoms with E-state index in [-0.39, 0.29) is 5.28 Å². The van der Waals surface area contributed by atoms with Crippen molar-refractivity contribution < 1.29 is 0 Å². The van der Waals surface area contributed by atoms with Gasteiger partial charge in [0.25, 0.3) is 0 Å². The maximum Gasteiger partial charge on any atom is 0.224 e. The van der Waals surface area contributed by atoms with Crippen molar-refractivity contribution in [2.45, 2.75) is 20.4 Å². The van der Waals surface area contributed by atoms with Gasteiger partial charge in [-0.05, 0) is 36.6 Å². The molecule has 1 heterocycles. The summed E-state index contributed by atoms with van der Waals surface area (Å²) in [6.45, 7) is 4.83. The highest BCUT2D eigenvalue weighted by Gasteiger charge is 2.06. The summed E-state index contributed by atoms with van der Waals surface area (Å²) in [7, 11) is 1.82. The lowest BCUT2D eigenvalue weighted by molar-refractivity contribution is 1.04. The fourth-order valence-electron chi connectivity index (χ4n) is 2.01. The number of benzene rings is 1. The van der Waals surface area contributed by atoms with E-state index in [1.165, 1.54) is 11.1 Å². The lowest BCUT2D eigenvalue weighted by Gasteiger charge is -2.14. The molecule has 0 bridgehead atoms. The first-order valence-corrected chi connectivity index (χ1v) is 6.49. The zero-order valence-corrected chi connectivity index (χ0v) is 12.0. The zero-order chi connectivity index (χ0) is 13.8. The Kier molecular flexibility index (Phi) is 4.22. The van der Waals surface area contributed by atoms with E-state index in [1.54, 1.807) is 6.20 Å². The van der Waals surface area contributed by atoms with Gasteiger partial charge in [-0.25, -0.2) is 9.97 Å². The first-order chi connectivity index (χ1) is 9.11. The molecule has 0 radical (unpaired) electrons. The van der Waals surface area contributed by atoms with Crippen molar-refractivity contribution in [2.24, 2.45) is 0 Å². The SMILES string of the molecule is CNc1nc(Cl)ncc1CNc1c(C)cccc1C. The Morgan fingerprint density at radius 2 is 1.89 bits per heavy atom. The molecule has 0 amide bonds. The lowest BCUT2D eigenvalue weighted by Crippen LogP contribution is -2.07. The van der Waals surface area contributed by atoms with Gasteiger partial charge >= 0.3 is 0 Å². The summed E-state index contributed by atoms with van der Waals surface area (Å²) in [5.74, 6) is 0.749. The third-order valence-corrected chi connectivity index (χ3v) is 3.19. The molecule has 0 saturated heterocycles. The second kappa shape index (κ2) is 5.89. The molecule has 100 valence electrons. The van der Waals surface area contributed by atoms with E-state index in [0.29, 0.717) is 6.54 Å². The molecule has 2 aromatic rings. The predicted octanol–water partition coefficient (Wildman–Crippen LogP) is 3.40. The highest BCUT2D eigenvalue weighted by atomic mass is 35.5. The van der Waals surface area contributed by atoms with Crippen LogP contribution in [0.1, 0.15) is 16.7 Å². The number of hydrogen-bond donors (Lipinski definition) is 2. The van der Waals surface area contributed by atoms with Crippen molar-refractivity contribution in [3.05, 3.63) is 46.4 Å². The number of anilines is 2. The van der Waals surface area contributed by atoms with Crippen LogP contribution in [0.4, 0.5) is 11.5 Å². The average molecular weight is 277 g/mol. The predicted molar refractivity (Wildman–Crippen MR) is 79.8 cm³/mol. The molecular weight excluding hydrogens is 260 g/mol. The van der Waals surface area contributed by atoms with Crippen molar-refractivity contribution in [3.63, 3.8) is 0 Å². The number of aromatic nitrogens is 2. The zero-order valence-electron chi connectivity index (χ0n) is 11.3. The van der Waals surface area contributed by atoms with Gasteiger partial charge in [-0.2, -0.15) is 0 Å². The Hall–Kier alpha value is -1.81. The number of hydrogen-bond acceptors (Lipinski definition) is 4. The van der Waals surface area contributed by atoms with Gasteiger partial charge in [0.15, 0.2) is 0 Å². The Morgan fingerprint density at radius 1 is 1.21 bits per heavy atom. The summed E-state index contributed by atoms with van der Waals surface area (Å²) in [6.07, 6.45) is 1.74. The average Bonchev–Trinajstić information content (AvgIpc) is 2.39. The second-order valence-electron chi connectivity index (χ2n) is 4.38. The Balaban J connectivity index is 2.19. The van der Waals surface area contributed by atoms with Gasteiger partial charge < -0.3 is 10.6 Å². The summed E-state index contributed by atoms with van der Waals surface area (Å²) in [4.78, 5) is 8.17. The lowest BCUT2D eigenvalue weighted by atomic mass is 10.1. The molecule has 0 aliphatic heterocycles. The van der Waals surface area contributed by atoms with Gasteiger partial charge in [-0.15, -0.1) is 0 Å². The molecular formula is C14H17ClN4. The molecule has 0 aliphatic carbocycles. The number of halogens is 1. The number of aryl methyl sites for hydroxylation is 2. The minimum Gasteiger partial charge on any atom is -0.380 e. The maximum atomic E-state index is 5.78. The van der Waals surface area contributed by atoms with Crippen molar-refractivity contribution in [3.8, 4) is 0 Å². The van der Waals surface area contributed by atoms with Gasteiger partial charge in [-0.3, -0.25) is 0 Å². The molecule has 0 spiro atoms. The van der Waals surface area contributed by atoms with Gasteiger partial charge in [0, 0.05) is 31.0 Å². The van der Waals surface area contributed by atoms with Crippen LogP contribution in [-0.2, 0) is 6.54 Å². The molecule has 4 nitrogen and oxygen atoms in total. The number of nitrogens with one attached hydrogen (secondary N) is 2. The van der Waals surface area contributed by atoms with Crippen LogP contribution >= 0.6 is 11.6 Å². The molecule has 1 aromatic heterocycles. The largest absolute Gasteiger partial charge is 0.380 e. The monoisotopic (exact) mass is 276 g/mol. The topological polar surface area (TPSA) is 49.8 Å². The third kappa shape index (κ3) is 3.15. The van der Waals surface area contributed by atoms with Crippen molar-refractivity contribution >= 4 is 23.1 Å². The molecule has 0 unspecified atom stereocenters. The fraction of sp³-hybridized carbons (Fsp3) is 0.286. The molecule has 1 aromatic carbocycles. The number of rotatable bonds is 4. The summed E-state index contributed by atoms with van der Waals surface area (Å²) in [5.41, 5.74) is 4.58. The Bertz CT molecular complexity index is 563. The van der Waals surface area contributed by atoms with Crippen LogP contribution in [0.2, 0.25) is 5.28 Å². The van der Waals surface area contributed by atoms with Crippen molar-refractivity contribution in [1.29, 1.82) is 0 Å². The van der Waals surface area contributed by atoms with Crippen LogP contribution in [0, 0.1) is 13.8 Å². The summed E-state index contributed by atoms with van der Waals surface area (Å²) >= 11 is 5.78. The Morgan fingerprint density at radius 3 is 2.53 bits per heavy atom. The number of para-hydroxylation sites is 1. The molecule has 0 aliphatic rings. The standard InChI is InChI=1S/C14H17ClN4/c1-9-5-4-6-10(2)12(9)17-7-11-8-18-14(15)19-13(11)16-3/h4-6,8,17H,7H2,1-3H3,(H,16,18,19). The molecule has 2 rings (SSSR count). The normalized spacial score (nSPS) is 10.3. The molecule has 2 N–H and O–H groups in total. The first kappa shape index (κ1) is 13.6. The van der Waals surface area contributed by atoms with Crippen LogP contribution in [0.15, 0.2) is 24.4 Å². The van der Waals surface area contributed by atoms with Crippen LogP contribution in [-0.4, -0.2) is 17.0 Å². The third-order valence-electron chi connectivity index (χ3n) is 3.01. The molecule has 0 fully saturated rings. The van der Waals surface area contributed by atoms with E-state index in [4.69, 9.17) is 11.6 Å². The highest BCUT2D eigenvalue weighted by molar-refractivity contribution is 6.28. The van der Waals surface area contributed by atoms with Crippen LogP contribution in [0.25, 0.3) is 0 Å². The van der Waals surface area contributed by atoms with Gasteiger partial charge in [0.1, 0.15) is 5.82 Å². The van der Waals surface area contributed by atoms with Crippen LogP contribution < -0.4 is 10.6 Å².